The third-order valence-electron chi connectivity index (χ3n) is 5.82. The van der Waals surface area contributed by atoms with Gasteiger partial charge in [-0.1, -0.05) is 12.1 Å². The molecule has 4 rings (SSSR count). The summed E-state index contributed by atoms with van der Waals surface area (Å²) in [7, 11) is 1.52. The Kier molecular flexibility index (Phi) is 7.84. The van der Waals surface area contributed by atoms with Crippen molar-refractivity contribution in [3.05, 3.63) is 77.6 Å². The molecule has 0 saturated carbocycles. The highest BCUT2D eigenvalue weighted by atomic mass is 19.1. The summed E-state index contributed by atoms with van der Waals surface area (Å²) in [5.74, 6) is -1.45. The molecule has 0 spiro atoms. The average molecular weight is 536 g/mol. The first kappa shape index (κ1) is 26.8. The van der Waals surface area contributed by atoms with Crippen LogP contribution in [-0.2, 0) is 0 Å². The number of hydrogen-bond donors (Lipinski definition) is 5. The van der Waals surface area contributed by atoms with Crippen LogP contribution in [0.2, 0.25) is 0 Å². The predicted molar refractivity (Wildman–Crippen MR) is 140 cm³/mol. The molecule has 0 radical (unpaired) electrons. The molecule has 0 aliphatic heterocycles. The summed E-state index contributed by atoms with van der Waals surface area (Å²) >= 11 is 0. The van der Waals surface area contributed by atoms with E-state index in [0.717, 1.165) is 6.07 Å². The predicted octanol–water partition coefficient (Wildman–Crippen LogP) is 3.17. The van der Waals surface area contributed by atoms with E-state index in [1.807, 2.05) is 0 Å². The number of carbonyl (C=O) groups is 2. The molecule has 0 bridgehead atoms. The molecule has 13 nitrogen and oxygen atoms in total. The van der Waals surface area contributed by atoms with Gasteiger partial charge < -0.3 is 31.5 Å². The Morgan fingerprint density at radius 3 is 2.44 bits per heavy atom. The lowest BCUT2D eigenvalue weighted by molar-refractivity contribution is 0.1000. The molecule has 3 heterocycles. The van der Waals surface area contributed by atoms with Crippen molar-refractivity contribution in [1.29, 1.82) is 0 Å². The number of benzene rings is 1. The number of amides is 2. The van der Waals surface area contributed by atoms with Crippen LogP contribution in [0.4, 0.5) is 26.5 Å². The second kappa shape index (κ2) is 11.4. The largest absolute Gasteiger partial charge is 0.497 e. The second-order valence-electron chi connectivity index (χ2n) is 8.48. The van der Waals surface area contributed by atoms with E-state index in [9.17, 15) is 14.7 Å². The van der Waals surface area contributed by atoms with Gasteiger partial charge in [-0.3, -0.25) is 9.78 Å². The van der Waals surface area contributed by atoms with E-state index >= 15 is 4.39 Å². The van der Waals surface area contributed by atoms with Gasteiger partial charge in [-0.2, -0.15) is 10.2 Å². The van der Waals surface area contributed by atoms with Crippen LogP contribution >= 0.6 is 0 Å². The molecular weight excluding hydrogens is 509 g/mol. The van der Waals surface area contributed by atoms with Gasteiger partial charge in [-0.15, -0.1) is 4.80 Å². The summed E-state index contributed by atoms with van der Waals surface area (Å²) in [5, 5.41) is 25.8. The SMILES string of the molecule is COc1ccc([C@@H](Nc2nc(Nc3cnc(C)c(-n4nccn4)c3)c(C(N)=O)cc2F)[C@H](C)NC(=O)O)cc1. The summed E-state index contributed by atoms with van der Waals surface area (Å²) in [4.78, 5) is 33.5. The summed E-state index contributed by atoms with van der Waals surface area (Å²) in [6.45, 7) is 3.40. The van der Waals surface area contributed by atoms with E-state index in [2.05, 4.69) is 36.1 Å². The number of halogens is 1. The minimum absolute atomic E-state index is 0.0382. The van der Waals surface area contributed by atoms with Crippen LogP contribution in [0, 0.1) is 12.7 Å². The number of carboxylic acid groups (broad SMARTS) is 1. The number of anilines is 3. The van der Waals surface area contributed by atoms with Gasteiger partial charge in [0.15, 0.2) is 11.6 Å². The molecule has 2 amide bonds. The monoisotopic (exact) mass is 535 g/mol. The minimum Gasteiger partial charge on any atom is -0.497 e. The van der Waals surface area contributed by atoms with Gasteiger partial charge in [0.25, 0.3) is 5.91 Å². The Hall–Kier alpha value is -5.27. The lowest BCUT2D eigenvalue weighted by Gasteiger charge is -2.27. The number of hydrogen-bond acceptors (Lipinski definition) is 9. The van der Waals surface area contributed by atoms with Crippen LogP contribution in [0.3, 0.4) is 0 Å². The van der Waals surface area contributed by atoms with Crippen molar-refractivity contribution < 1.29 is 23.8 Å². The number of primary amides is 1. The first-order valence-electron chi connectivity index (χ1n) is 11.7. The van der Waals surface area contributed by atoms with Gasteiger partial charge in [0.2, 0.25) is 0 Å². The third-order valence-corrected chi connectivity index (χ3v) is 5.82. The maximum Gasteiger partial charge on any atom is 0.404 e. The lowest BCUT2D eigenvalue weighted by atomic mass is 10.00. The minimum atomic E-state index is -1.25. The molecule has 6 N–H and O–H groups in total. The van der Waals surface area contributed by atoms with Crippen LogP contribution in [0.1, 0.15) is 34.6 Å². The van der Waals surface area contributed by atoms with Gasteiger partial charge in [-0.05, 0) is 43.7 Å². The Bertz CT molecular complexity index is 1480. The van der Waals surface area contributed by atoms with Crippen LogP contribution < -0.4 is 26.4 Å². The zero-order chi connectivity index (χ0) is 28.1. The van der Waals surface area contributed by atoms with Crippen molar-refractivity contribution in [2.24, 2.45) is 5.73 Å². The number of nitrogens with one attached hydrogen (secondary N) is 3. The molecule has 39 heavy (non-hydrogen) atoms. The second-order valence-corrected chi connectivity index (χ2v) is 8.48. The van der Waals surface area contributed by atoms with Gasteiger partial charge >= 0.3 is 6.09 Å². The highest BCUT2D eigenvalue weighted by molar-refractivity contribution is 5.98. The van der Waals surface area contributed by atoms with Crippen LogP contribution in [0.15, 0.2) is 55.0 Å². The van der Waals surface area contributed by atoms with Crippen LogP contribution in [0.25, 0.3) is 5.69 Å². The fourth-order valence-electron chi connectivity index (χ4n) is 3.88. The van der Waals surface area contributed by atoms with Gasteiger partial charge in [0.1, 0.15) is 17.3 Å². The molecule has 3 aromatic heterocycles. The smallest absolute Gasteiger partial charge is 0.404 e. The first-order valence-corrected chi connectivity index (χ1v) is 11.7. The summed E-state index contributed by atoms with van der Waals surface area (Å²) in [5.41, 5.74) is 7.56. The Balaban J connectivity index is 1.72. The molecule has 0 saturated heterocycles. The first-order chi connectivity index (χ1) is 18.7. The Labute approximate surface area is 222 Å². The maximum atomic E-state index is 15.2. The number of rotatable bonds is 10. The molecule has 0 fully saturated rings. The topological polar surface area (TPSA) is 182 Å². The standard InChI is InChI=1S/C25H26FN9O4/c1-13-20(35-29-8-9-30-35)10-16(12-28-13)32-23-18(22(27)36)11-19(26)24(34-23)33-21(14(2)31-25(37)38)15-4-6-17(39-3)7-5-15/h4-12,14,21,31H,1-3H3,(H2,27,36)(H,37,38)(H2,32,33,34)/t14-,21-/m0/s1. The molecule has 0 aliphatic carbocycles. The summed E-state index contributed by atoms with van der Waals surface area (Å²) in [6.07, 6.45) is 3.29. The average Bonchev–Trinajstić information content (AvgIpc) is 3.44. The quantitative estimate of drug-likeness (QED) is 0.202. The van der Waals surface area contributed by atoms with E-state index in [1.54, 1.807) is 44.2 Å². The molecule has 202 valence electrons. The third kappa shape index (κ3) is 6.18. The number of methoxy groups -OCH3 is 1. The van der Waals surface area contributed by atoms with Gasteiger partial charge in [0, 0.05) is 0 Å². The van der Waals surface area contributed by atoms with Crippen molar-refractivity contribution in [2.45, 2.75) is 25.9 Å². The van der Waals surface area contributed by atoms with Crippen LogP contribution in [0.5, 0.6) is 5.75 Å². The highest BCUT2D eigenvalue weighted by Gasteiger charge is 2.25. The van der Waals surface area contributed by atoms with Crippen molar-refractivity contribution in [3.63, 3.8) is 0 Å². The molecule has 0 aliphatic rings. The van der Waals surface area contributed by atoms with Crippen molar-refractivity contribution in [1.82, 2.24) is 30.3 Å². The maximum absolute atomic E-state index is 15.2. The molecule has 2 atom stereocenters. The molecular formula is C25H26FN9O4. The summed E-state index contributed by atoms with van der Waals surface area (Å²) < 4.78 is 20.4. The van der Waals surface area contributed by atoms with E-state index < -0.39 is 29.9 Å². The number of aryl methyl sites for hydroxylation is 1. The van der Waals surface area contributed by atoms with Crippen molar-refractivity contribution >= 4 is 29.3 Å². The van der Waals surface area contributed by atoms with Gasteiger partial charge in [-0.25, -0.2) is 14.2 Å². The number of aromatic nitrogens is 5. The molecule has 0 unspecified atom stereocenters. The van der Waals surface area contributed by atoms with Crippen molar-refractivity contribution in [2.75, 3.05) is 17.7 Å². The number of nitrogens with two attached hydrogens (primary N) is 1. The Morgan fingerprint density at radius 1 is 1.13 bits per heavy atom. The highest BCUT2D eigenvalue weighted by Crippen LogP contribution is 2.29. The van der Waals surface area contributed by atoms with E-state index in [-0.39, 0.29) is 17.2 Å². The van der Waals surface area contributed by atoms with Crippen LogP contribution in [-0.4, -0.2) is 55.2 Å². The lowest BCUT2D eigenvalue weighted by Crippen LogP contribution is -2.39. The normalized spacial score (nSPS) is 12.3. The molecule has 14 heteroatoms. The van der Waals surface area contributed by atoms with E-state index in [4.69, 9.17) is 10.5 Å². The zero-order valence-corrected chi connectivity index (χ0v) is 21.2. The van der Waals surface area contributed by atoms with E-state index in [1.165, 1.54) is 30.5 Å². The molecule has 4 aromatic rings. The number of pyridine rings is 2. The fraction of sp³-hybridized carbons (Fsp3) is 0.200. The molecule has 1 aromatic carbocycles. The number of nitrogens with zero attached hydrogens (tertiary/aromatic N) is 5. The van der Waals surface area contributed by atoms with Gasteiger partial charge in [0.05, 0.1) is 54.7 Å². The Morgan fingerprint density at radius 2 is 1.82 bits per heavy atom. The van der Waals surface area contributed by atoms with Crippen molar-refractivity contribution in [3.8, 4) is 11.4 Å². The zero-order valence-electron chi connectivity index (χ0n) is 21.2. The number of carbonyl (C=O) groups excluding carboxylic acids is 1. The fourth-order valence-corrected chi connectivity index (χ4v) is 3.88. The number of ether oxygens (including phenoxy) is 1. The summed E-state index contributed by atoms with van der Waals surface area (Å²) in [6, 6.07) is 8.00. The van der Waals surface area contributed by atoms with E-state index in [0.29, 0.717) is 28.4 Å².